The number of aryl methyl sites for hydroxylation is 2. The lowest BCUT2D eigenvalue weighted by Crippen LogP contribution is -2.40. The van der Waals surface area contributed by atoms with E-state index in [0.717, 1.165) is 41.2 Å². The van der Waals surface area contributed by atoms with E-state index in [-0.39, 0.29) is 6.04 Å². The highest BCUT2D eigenvalue weighted by Crippen LogP contribution is 2.36. The predicted octanol–water partition coefficient (Wildman–Crippen LogP) is 4.99. The van der Waals surface area contributed by atoms with Crippen molar-refractivity contribution in [2.75, 3.05) is 18.0 Å². The third-order valence-electron chi connectivity index (χ3n) is 5.23. The number of aromatic nitrogens is 2. The largest absolute Gasteiger partial charge is 0.444 e. The lowest BCUT2D eigenvalue weighted by Gasteiger charge is -2.22. The van der Waals surface area contributed by atoms with Gasteiger partial charge in [0.05, 0.1) is 17.1 Å². The van der Waals surface area contributed by atoms with Gasteiger partial charge >= 0.3 is 6.09 Å². The average Bonchev–Trinajstić information content (AvgIpc) is 3.32. The number of rotatable bonds is 3. The van der Waals surface area contributed by atoms with Crippen molar-refractivity contribution in [1.82, 2.24) is 15.0 Å². The Morgan fingerprint density at radius 1 is 1.27 bits per heavy atom. The van der Waals surface area contributed by atoms with Gasteiger partial charge in [0.2, 0.25) is 0 Å². The molecule has 1 aliphatic rings. The minimum absolute atomic E-state index is 0.00906. The van der Waals surface area contributed by atoms with Crippen molar-refractivity contribution in [3.8, 4) is 5.82 Å². The van der Waals surface area contributed by atoms with Gasteiger partial charge < -0.3 is 19.5 Å². The summed E-state index contributed by atoms with van der Waals surface area (Å²) in [5.74, 6) is 0.733. The van der Waals surface area contributed by atoms with E-state index in [4.69, 9.17) is 20.9 Å². The van der Waals surface area contributed by atoms with Crippen molar-refractivity contribution in [3.63, 3.8) is 0 Å². The fourth-order valence-corrected chi connectivity index (χ4v) is 4.16. The van der Waals surface area contributed by atoms with Crippen LogP contribution >= 0.6 is 11.6 Å². The minimum Gasteiger partial charge on any atom is -0.444 e. The van der Waals surface area contributed by atoms with Gasteiger partial charge in [-0.05, 0) is 65.3 Å². The molecule has 3 heterocycles. The van der Waals surface area contributed by atoms with Gasteiger partial charge in [0.25, 0.3) is 0 Å². The standard InChI is InChI=1S/C22H27ClN4O3/c1-13-6-7-14(2)27(13)20-17-10-15(23)11-18(19(17)30-25-20)26-9-8-16(12-26)24-21(28)29-22(3,4)5/h6-7,10-11,16H,8-9,12H2,1-5H3,(H,24,28). The van der Waals surface area contributed by atoms with E-state index < -0.39 is 11.7 Å². The number of fused-ring (bicyclic) bond motifs is 1. The number of hydrogen-bond acceptors (Lipinski definition) is 5. The van der Waals surface area contributed by atoms with Crippen molar-refractivity contribution in [1.29, 1.82) is 0 Å². The number of anilines is 1. The number of alkyl carbamates (subject to hydrolysis) is 1. The number of benzene rings is 1. The molecule has 7 nitrogen and oxygen atoms in total. The number of carbonyl (C=O) groups excluding carboxylic acids is 1. The Morgan fingerprint density at radius 2 is 1.97 bits per heavy atom. The molecule has 0 aliphatic carbocycles. The van der Waals surface area contributed by atoms with Crippen LogP contribution in [0.4, 0.5) is 10.5 Å². The second-order valence-electron chi connectivity index (χ2n) is 8.84. The number of ether oxygens (including phenoxy) is 1. The maximum Gasteiger partial charge on any atom is 0.407 e. The maximum atomic E-state index is 12.1. The molecule has 0 saturated carbocycles. The summed E-state index contributed by atoms with van der Waals surface area (Å²) in [4.78, 5) is 14.3. The van der Waals surface area contributed by atoms with Gasteiger partial charge in [-0.3, -0.25) is 4.57 Å². The number of nitrogens with zero attached hydrogens (tertiary/aromatic N) is 3. The Morgan fingerprint density at radius 3 is 2.63 bits per heavy atom. The summed E-state index contributed by atoms with van der Waals surface area (Å²) in [6.45, 7) is 11.0. The van der Waals surface area contributed by atoms with Crippen LogP contribution in [0.1, 0.15) is 38.6 Å². The molecule has 0 spiro atoms. The molecule has 1 aromatic carbocycles. The first-order valence-electron chi connectivity index (χ1n) is 10.1. The van der Waals surface area contributed by atoms with E-state index in [1.165, 1.54) is 0 Å². The van der Waals surface area contributed by atoms with Gasteiger partial charge in [0.15, 0.2) is 11.4 Å². The molecule has 1 fully saturated rings. The molecule has 0 bridgehead atoms. The van der Waals surface area contributed by atoms with E-state index in [0.29, 0.717) is 17.2 Å². The molecular weight excluding hydrogens is 404 g/mol. The molecule has 1 amide bonds. The normalized spacial score (nSPS) is 17.0. The Kier molecular flexibility index (Phi) is 5.18. The third-order valence-corrected chi connectivity index (χ3v) is 5.45. The van der Waals surface area contributed by atoms with Gasteiger partial charge in [0.1, 0.15) is 5.60 Å². The van der Waals surface area contributed by atoms with E-state index >= 15 is 0 Å². The molecule has 2 aromatic heterocycles. The number of nitrogens with one attached hydrogen (secondary N) is 1. The molecule has 1 aliphatic heterocycles. The van der Waals surface area contributed by atoms with Crippen molar-refractivity contribution < 1.29 is 14.1 Å². The van der Waals surface area contributed by atoms with Gasteiger partial charge in [0, 0.05) is 29.5 Å². The van der Waals surface area contributed by atoms with Crippen LogP contribution in [0, 0.1) is 13.8 Å². The van der Waals surface area contributed by atoms with Crippen LogP contribution in [0.3, 0.4) is 0 Å². The van der Waals surface area contributed by atoms with E-state index in [2.05, 4.69) is 32.1 Å². The summed E-state index contributed by atoms with van der Waals surface area (Å²) in [6, 6.07) is 7.87. The van der Waals surface area contributed by atoms with Crippen molar-refractivity contribution in [3.05, 3.63) is 40.7 Å². The van der Waals surface area contributed by atoms with Gasteiger partial charge in [-0.15, -0.1) is 0 Å². The van der Waals surface area contributed by atoms with Crippen LogP contribution in [0.15, 0.2) is 28.8 Å². The Hall–Kier alpha value is -2.67. The fourth-order valence-electron chi connectivity index (χ4n) is 3.95. The third kappa shape index (κ3) is 3.99. The van der Waals surface area contributed by atoms with Gasteiger partial charge in [-0.2, -0.15) is 0 Å². The fraction of sp³-hybridized carbons (Fsp3) is 0.455. The summed E-state index contributed by atoms with van der Waals surface area (Å²) in [5, 5.41) is 8.79. The zero-order chi connectivity index (χ0) is 21.6. The summed E-state index contributed by atoms with van der Waals surface area (Å²) in [6.07, 6.45) is 0.412. The molecule has 4 rings (SSSR count). The van der Waals surface area contributed by atoms with Crippen molar-refractivity contribution in [2.24, 2.45) is 0 Å². The number of amides is 1. The first kappa shape index (κ1) is 20.6. The molecule has 1 unspecified atom stereocenters. The predicted molar refractivity (Wildman–Crippen MR) is 118 cm³/mol. The summed E-state index contributed by atoms with van der Waals surface area (Å²) >= 11 is 6.47. The SMILES string of the molecule is Cc1ccc(C)n1-c1noc2c(N3CCC(NC(=O)OC(C)(C)C)C3)cc(Cl)cc12. The highest BCUT2D eigenvalue weighted by atomic mass is 35.5. The van der Waals surface area contributed by atoms with Crippen LogP contribution in [-0.4, -0.2) is 40.5 Å². The van der Waals surface area contributed by atoms with Crippen LogP contribution in [-0.2, 0) is 4.74 Å². The first-order valence-corrected chi connectivity index (χ1v) is 10.5. The average molecular weight is 431 g/mol. The molecule has 1 N–H and O–H groups in total. The van der Waals surface area contributed by atoms with E-state index in [1.807, 2.05) is 46.8 Å². The molecule has 1 atom stereocenters. The van der Waals surface area contributed by atoms with E-state index in [9.17, 15) is 4.79 Å². The quantitative estimate of drug-likeness (QED) is 0.633. The minimum atomic E-state index is -0.521. The second kappa shape index (κ2) is 7.54. The van der Waals surface area contributed by atoms with E-state index in [1.54, 1.807) is 0 Å². The summed E-state index contributed by atoms with van der Waals surface area (Å²) < 4.78 is 13.2. The van der Waals surface area contributed by atoms with Crippen LogP contribution in [0.25, 0.3) is 16.8 Å². The van der Waals surface area contributed by atoms with Gasteiger partial charge in [-0.1, -0.05) is 16.8 Å². The Bertz CT molecular complexity index is 1080. The summed E-state index contributed by atoms with van der Waals surface area (Å²) in [7, 11) is 0. The molecule has 0 radical (unpaired) electrons. The lowest BCUT2D eigenvalue weighted by molar-refractivity contribution is 0.0509. The molecule has 1 saturated heterocycles. The molecule has 160 valence electrons. The smallest absolute Gasteiger partial charge is 0.407 e. The maximum absolute atomic E-state index is 12.1. The molecule has 3 aromatic rings. The number of carbonyl (C=O) groups is 1. The summed E-state index contributed by atoms with van der Waals surface area (Å²) in [5.41, 5.74) is 3.21. The van der Waals surface area contributed by atoms with Crippen molar-refractivity contribution >= 4 is 34.4 Å². The molecular formula is C22H27ClN4O3. The second-order valence-corrected chi connectivity index (χ2v) is 9.27. The Labute approximate surface area is 180 Å². The zero-order valence-corrected chi connectivity index (χ0v) is 18.7. The van der Waals surface area contributed by atoms with Crippen LogP contribution in [0.5, 0.6) is 0 Å². The molecule has 8 heteroatoms. The first-order chi connectivity index (χ1) is 14.1. The van der Waals surface area contributed by atoms with Crippen LogP contribution < -0.4 is 10.2 Å². The lowest BCUT2D eigenvalue weighted by atomic mass is 10.2. The highest BCUT2D eigenvalue weighted by molar-refractivity contribution is 6.32. The van der Waals surface area contributed by atoms with Crippen molar-refractivity contribution in [2.45, 2.75) is 52.7 Å². The molecule has 30 heavy (non-hydrogen) atoms. The number of hydrogen-bond donors (Lipinski definition) is 1. The Balaban J connectivity index is 1.61. The monoisotopic (exact) mass is 430 g/mol. The topological polar surface area (TPSA) is 72.5 Å². The highest BCUT2D eigenvalue weighted by Gasteiger charge is 2.29. The van der Waals surface area contributed by atoms with Crippen LogP contribution in [0.2, 0.25) is 5.02 Å². The number of halogens is 1. The van der Waals surface area contributed by atoms with Gasteiger partial charge in [-0.25, -0.2) is 4.79 Å². The zero-order valence-electron chi connectivity index (χ0n) is 18.0.